The Labute approximate surface area is 150 Å². The number of aryl methyl sites for hydroxylation is 1. The van der Waals surface area contributed by atoms with Gasteiger partial charge in [-0.1, -0.05) is 6.92 Å². The van der Waals surface area contributed by atoms with Crippen LogP contribution in [0.2, 0.25) is 0 Å². The molecular formula is C18H29N3O2S. The van der Waals surface area contributed by atoms with Gasteiger partial charge in [0.1, 0.15) is 0 Å². The van der Waals surface area contributed by atoms with Crippen molar-refractivity contribution in [3.8, 4) is 0 Å². The van der Waals surface area contributed by atoms with Crippen LogP contribution in [0.3, 0.4) is 0 Å². The number of hydrogen-bond acceptors (Lipinski definition) is 3. The molecule has 1 aromatic rings. The summed E-state index contributed by atoms with van der Waals surface area (Å²) in [6, 6.07) is 4.60. The fourth-order valence-corrected chi connectivity index (χ4v) is 3.58. The molecule has 2 heterocycles. The second-order valence-corrected chi connectivity index (χ2v) is 7.02. The van der Waals surface area contributed by atoms with Crippen molar-refractivity contribution in [2.45, 2.75) is 45.1 Å². The summed E-state index contributed by atoms with van der Waals surface area (Å²) in [5.41, 5.74) is 1.31. The molecule has 0 saturated carbocycles. The van der Waals surface area contributed by atoms with Gasteiger partial charge in [-0.3, -0.25) is 4.79 Å². The maximum absolute atomic E-state index is 11.2. The summed E-state index contributed by atoms with van der Waals surface area (Å²) in [7, 11) is 3.51. The van der Waals surface area contributed by atoms with Crippen LogP contribution in [-0.4, -0.2) is 40.7 Å². The Morgan fingerprint density at radius 3 is 2.88 bits per heavy atom. The van der Waals surface area contributed by atoms with E-state index in [1.165, 1.54) is 19.2 Å². The van der Waals surface area contributed by atoms with E-state index in [0.717, 1.165) is 36.8 Å². The fraction of sp³-hybridized carbons (Fsp3) is 0.667. The Morgan fingerprint density at radius 1 is 1.42 bits per heavy atom. The van der Waals surface area contributed by atoms with Crippen LogP contribution in [0.25, 0.3) is 0 Å². The summed E-state index contributed by atoms with van der Waals surface area (Å²) in [5.74, 6) is 0.549. The molecule has 5 nitrogen and oxygen atoms in total. The van der Waals surface area contributed by atoms with E-state index in [9.17, 15) is 4.79 Å². The summed E-state index contributed by atoms with van der Waals surface area (Å²) in [5, 5.41) is 4.12. The highest BCUT2D eigenvalue weighted by atomic mass is 32.1. The zero-order valence-electron chi connectivity index (χ0n) is 15.0. The first-order chi connectivity index (χ1) is 11.5. The largest absolute Gasteiger partial charge is 0.469 e. The maximum atomic E-state index is 11.2. The van der Waals surface area contributed by atoms with E-state index in [2.05, 4.69) is 51.8 Å². The number of nitrogens with one attached hydrogen (secondary N) is 1. The molecule has 0 radical (unpaired) electrons. The average molecular weight is 352 g/mol. The molecule has 1 aliphatic rings. The predicted octanol–water partition coefficient (Wildman–Crippen LogP) is 3.02. The van der Waals surface area contributed by atoms with Crippen LogP contribution in [-0.2, 0) is 16.6 Å². The van der Waals surface area contributed by atoms with Gasteiger partial charge in [-0.2, -0.15) is 0 Å². The van der Waals surface area contributed by atoms with Crippen LogP contribution < -0.4 is 5.32 Å². The summed E-state index contributed by atoms with van der Waals surface area (Å²) < 4.78 is 6.86. The maximum Gasteiger partial charge on any atom is 0.305 e. The van der Waals surface area contributed by atoms with Gasteiger partial charge in [0.2, 0.25) is 0 Å². The zero-order chi connectivity index (χ0) is 17.5. The topological polar surface area (TPSA) is 46.5 Å². The third kappa shape index (κ3) is 4.97. The van der Waals surface area contributed by atoms with Gasteiger partial charge >= 0.3 is 5.97 Å². The van der Waals surface area contributed by atoms with E-state index >= 15 is 0 Å². The highest BCUT2D eigenvalue weighted by molar-refractivity contribution is 7.80. The standard InChI is InChI=1S/C18H29N3O2S/c1-14-8-9-16(15-6-5-12-20(15)2)21(13-10-14)18(24)19-11-4-7-17(22)23-3/h5-6,12,14,16H,4,7-11,13H2,1-3H3,(H,19,24)/t14-,16+/m0/s1. The highest BCUT2D eigenvalue weighted by Crippen LogP contribution is 2.32. The number of nitrogens with zero attached hydrogens (tertiary/aromatic N) is 2. The summed E-state index contributed by atoms with van der Waals surface area (Å²) in [6.45, 7) is 3.98. The molecule has 0 unspecified atom stereocenters. The molecule has 0 spiro atoms. The minimum absolute atomic E-state index is 0.173. The normalized spacial score (nSPS) is 21.2. The molecule has 0 bridgehead atoms. The lowest BCUT2D eigenvalue weighted by molar-refractivity contribution is -0.140. The molecule has 1 N–H and O–H groups in total. The van der Waals surface area contributed by atoms with Crippen molar-refractivity contribution in [2.24, 2.45) is 13.0 Å². The van der Waals surface area contributed by atoms with Gasteiger partial charge in [0, 0.05) is 38.4 Å². The molecule has 0 amide bonds. The van der Waals surface area contributed by atoms with Crippen molar-refractivity contribution in [1.29, 1.82) is 0 Å². The van der Waals surface area contributed by atoms with Gasteiger partial charge in [0.05, 0.1) is 13.2 Å². The van der Waals surface area contributed by atoms with Gasteiger partial charge in [-0.15, -0.1) is 0 Å². The lowest BCUT2D eigenvalue weighted by Gasteiger charge is -2.33. The van der Waals surface area contributed by atoms with Crippen molar-refractivity contribution >= 4 is 23.3 Å². The van der Waals surface area contributed by atoms with Crippen molar-refractivity contribution in [3.05, 3.63) is 24.0 Å². The van der Waals surface area contributed by atoms with Crippen LogP contribution >= 0.6 is 12.2 Å². The number of aromatic nitrogens is 1. The number of esters is 1. The third-order valence-corrected chi connectivity index (χ3v) is 5.20. The zero-order valence-corrected chi connectivity index (χ0v) is 15.8. The molecule has 24 heavy (non-hydrogen) atoms. The van der Waals surface area contributed by atoms with Gasteiger partial charge in [-0.25, -0.2) is 0 Å². The lowest BCUT2D eigenvalue weighted by Crippen LogP contribution is -2.42. The monoisotopic (exact) mass is 351 g/mol. The number of ether oxygens (including phenoxy) is 1. The van der Waals surface area contributed by atoms with E-state index < -0.39 is 0 Å². The summed E-state index contributed by atoms with van der Waals surface area (Å²) in [4.78, 5) is 13.5. The Balaban J connectivity index is 1.99. The molecule has 0 aromatic carbocycles. The number of likely N-dealkylation sites (tertiary alicyclic amines) is 1. The molecule has 134 valence electrons. The molecule has 2 atom stereocenters. The van der Waals surface area contributed by atoms with Gasteiger partial charge in [0.25, 0.3) is 0 Å². The smallest absolute Gasteiger partial charge is 0.305 e. The van der Waals surface area contributed by atoms with Gasteiger partial charge in [0.15, 0.2) is 5.11 Å². The van der Waals surface area contributed by atoms with E-state index in [4.69, 9.17) is 12.2 Å². The minimum atomic E-state index is -0.173. The summed E-state index contributed by atoms with van der Waals surface area (Å²) >= 11 is 5.66. The first kappa shape index (κ1) is 18.8. The number of carbonyl (C=O) groups is 1. The second-order valence-electron chi connectivity index (χ2n) is 6.64. The average Bonchev–Trinajstić information content (AvgIpc) is 2.89. The first-order valence-electron chi connectivity index (χ1n) is 8.75. The number of carbonyl (C=O) groups excluding carboxylic acids is 1. The molecule has 1 saturated heterocycles. The fourth-order valence-electron chi connectivity index (χ4n) is 3.26. The van der Waals surface area contributed by atoms with Crippen molar-refractivity contribution in [3.63, 3.8) is 0 Å². The Hall–Kier alpha value is -1.56. The number of hydrogen-bond donors (Lipinski definition) is 1. The third-order valence-electron chi connectivity index (χ3n) is 4.82. The molecular weight excluding hydrogens is 322 g/mol. The Kier molecular flexibility index (Phi) is 7.09. The number of thiocarbonyl (C=S) groups is 1. The molecule has 0 aliphatic carbocycles. The minimum Gasteiger partial charge on any atom is -0.469 e. The van der Waals surface area contributed by atoms with E-state index in [0.29, 0.717) is 19.0 Å². The molecule has 1 aromatic heterocycles. The van der Waals surface area contributed by atoms with E-state index in [-0.39, 0.29) is 5.97 Å². The van der Waals surface area contributed by atoms with Crippen LogP contribution in [0, 0.1) is 5.92 Å². The number of methoxy groups -OCH3 is 1. The van der Waals surface area contributed by atoms with Crippen molar-refractivity contribution < 1.29 is 9.53 Å². The summed E-state index contributed by atoms with van der Waals surface area (Å²) in [6.07, 6.45) is 6.73. The SMILES string of the molecule is COC(=O)CCCNC(=S)N1CC[C@@H](C)CC[C@@H]1c1cccn1C. The van der Waals surface area contributed by atoms with Crippen LogP contribution in [0.4, 0.5) is 0 Å². The molecule has 6 heteroatoms. The predicted molar refractivity (Wildman–Crippen MR) is 99.7 cm³/mol. The van der Waals surface area contributed by atoms with Crippen molar-refractivity contribution in [2.75, 3.05) is 20.2 Å². The first-order valence-corrected chi connectivity index (χ1v) is 9.16. The van der Waals surface area contributed by atoms with Crippen LogP contribution in [0.15, 0.2) is 18.3 Å². The second kappa shape index (κ2) is 9.06. The molecule has 2 rings (SSSR count). The Bertz CT molecular complexity index is 558. The Morgan fingerprint density at radius 2 is 2.21 bits per heavy atom. The molecule has 1 fully saturated rings. The highest BCUT2D eigenvalue weighted by Gasteiger charge is 2.28. The van der Waals surface area contributed by atoms with E-state index in [1.807, 2.05) is 0 Å². The quantitative estimate of drug-likeness (QED) is 0.502. The van der Waals surface area contributed by atoms with Crippen LogP contribution in [0.1, 0.15) is 50.8 Å². The van der Waals surface area contributed by atoms with E-state index in [1.54, 1.807) is 0 Å². The molecule has 1 aliphatic heterocycles. The number of rotatable bonds is 5. The lowest BCUT2D eigenvalue weighted by atomic mass is 10.0. The van der Waals surface area contributed by atoms with Crippen molar-refractivity contribution in [1.82, 2.24) is 14.8 Å². The van der Waals surface area contributed by atoms with Gasteiger partial charge in [-0.05, 0) is 56.0 Å². The van der Waals surface area contributed by atoms with Gasteiger partial charge < -0.3 is 19.5 Å². The van der Waals surface area contributed by atoms with Crippen LogP contribution in [0.5, 0.6) is 0 Å².